The molecule has 0 atom stereocenters. The first kappa shape index (κ1) is 12.9. The lowest BCUT2D eigenvalue weighted by Gasteiger charge is -2.27. The molecule has 2 rings (SSSR count). The third-order valence-corrected chi connectivity index (χ3v) is 4.51. The molecular formula is C14H27N3. The van der Waals surface area contributed by atoms with Crippen LogP contribution in [0.3, 0.4) is 0 Å². The molecule has 0 amide bonds. The first-order valence-corrected chi connectivity index (χ1v) is 6.96. The summed E-state index contributed by atoms with van der Waals surface area (Å²) in [5.74, 6) is 0.373. The number of hydrogen-bond donors (Lipinski definition) is 2. The van der Waals surface area contributed by atoms with Crippen LogP contribution in [0.15, 0.2) is 0 Å². The molecule has 3 heteroatoms. The Balaban J connectivity index is 1.85. The normalized spacial score (nSPS) is 27.4. The van der Waals surface area contributed by atoms with Crippen LogP contribution >= 0.6 is 0 Å². The summed E-state index contributed by atoms with van der Waals surface area (Å²) in [5, 5.41) is 7.47. The van der Waals surface area contributed by atoms with E-state index in [9.17, 15) is 0 Å². The molecule has 0 unspecified atom stereocenters. The molecule has 0 bridgehead atoms. The van der Waals surface area contributed by atoms with Gasteiger partial charge >= 0.3 is 0 Å². The van der Waals surface area contributed by atoms with Gasteiger partial charge in [0.25, 0.3) is 0 Å². The molecule has 0 spiro atoms. The van der Waals surface area contributed by atoms with Gasteiger partial charge in [-0.1, -0.05) is 13.8 Å². The Kier molecular flexibility index (Phi) is 3.48. The molecule has 3 nitrogen and oxygen atoms in total. The highest BCUT2D eigenvalue weighted by Crippen LogP contribution is 2.49. The monoisotopic (exact) mass is 237 g/mol. The molecule has 98 valence electrons. The fraction of sp³-hybridized carbons (Fsp3) is 0.929. The van der Waals surface area contributed by atoms with E-state index in [0.29, 0.717) is 16.7 Å². The number of hydrogen-bond acceptors (Lipinski definition) is 2. The number of nitrogens with two attached hydrogens (primary N) is 1. The van der Waals surface area contributed by atoms with Crippen molar-refractivity contribution in [1.29, 1.82) is 5.41 Å². The number of rotatable bonds is 4. The van der Waals surface area contributed by atoms with E-state index < -0.39 is 0 Å². The number of nitrogens with zero attached hydrogens (tertiary/aromatic N) is 1. The minimum Gasteiger partial charge on any atom is -0.388 e. The molecule has 2 aliphatic rings. The largest absolute Gasteiger partial charge is 0.388 e. The van der Waals surface area contributed by atoms with Crippen LogP contribution in [0.4, 0.5) is 0 Å². The van der Waals surface area contributed by atoms with Gasteiger partial charge in [-0.2, -0.15) is 0 Å². The Morgan fingerprint density at radius 3 is 2.47 bits per heavy atom. The fourth-order valence-electron chi connectivity index (χ4n) is 3.08. The maximum absolute atomic E-state index is 7.47. The third-order valence-electron chi connectivity index (χ3n) is 4.51. The molecule has 1 saturated carbocycles. The van der Waals surface area contributed by atoms with Crippen molar-refractivity contribution in [2.24, 2.45) is 16.6 Å². The van der Waals surface area contributed by atoms with E-state index in [1.165, 1.54) is 51.7 Å². The third kappa shape index (κ3) is 3.70. The number of amidine groups is 1. The molecule has 1 aliphatic heterocycles. The molecule has 17 heavy (non-hydrogen) atoms. The van der Waals surface area contributed by atoms with Gasteiger partial charge in [0.2, 0.25) is 0 Å². The molecule has 3 N–H and O–H groups in total. The van der Waals surface area contributed by atoms with E-state index in [-0.39, 0.29) is 0 Å². The topological polar surface area (TPSA) is 53.1 Å². The molecule has 0 aromatic rings. The van der Waals surface area contributed by atoms with Gasteiger partial charge in [0.05, 0.1) is 5.84 Å². The second-order valence-electron chi connectivity index (χ2n) is 7.00. The molecule has 0 radical (unpaired) electrons. The molecule has 0 aromatic heterocycles. The number of likely N-dealkylation sites (tertiary alicyclic amines) is 1. The van der Waals surface area contributed by atoms with Crippen molar-refractivity contribution >= 4 is 5.84 Å². The number of nitrogens with one attached hydrogen (secondary N) is 1. The first-order valence-electron chi connectivity index (χ1n) is 6.96. The molecule has 1 aliphatic carbocycles. The van der Waals surface area contributed by atoms with Crippen molar-refractivity contribution in [3.8, 4) is 0 Å². The predicted octanol–water partition coefficient (Wildman–Crippen LogP) is 2.60. The van der Waals surface area contributed by atoms with Crippen LogP contribution in [-0.4, -0.2) is 30.4 Å². The minimum atomic E-state index is 0.373. The molecule has 1 heterocycles. The average molecular weight is 237 g/mol. The maximum atomic E-state index is 7.47. The summed E-state index contributed by atoms with van der Waals surface area (Å²) >= 11 is 0. The zero-order valence-electron chi connectivity index (χ0n) is 11.4. The smallest absolute Gasteiger partial charge is 0.0911 e. The summed E-state index contributed by atoms with van der Waals surface area (Å²) in [6.07, 6.45) is 7.33. The lowest BCUT2D eigenvalue weighted by Crippen LogP contribution is -2.33. The van der Waals surface area contributed by atoms with Gasteiger partial charge in [0.1, 0.15) is 0 Å². The van der Waals surface area contributed by atoms with Crippen LogP contribution in [0.5, 0.6) is 0 Å². The van der Waals surface area contributed by atoms with Crippen molar-refractivity contribution < 1.29 is 0 Å². The minimum absolute atomic E-state index is 0.373. The van der Waals surface area contributed by atoms with Gasteiger partial charge < -0.3 is 10.6 Å². The Morgan fingerprint density at radius 2 is 1.88 bits per heavy atom. The SMILES string of the molecule is CC1(C)CCCN(CC2(CC(=N)N)CC2)CC1. The van der Waals surface area contributed by atoms with E-state index in [1.54, 1.807) is 0 Å². The van der Waals surface area contributed by atoms with Gasteiger partial charge in [-0.25, -0.2) is 0 Å². The predicted molar refractivity (Wildman–Crippen MR) is 72.3 cm³/mol. The van der Waals surface area contributed by atoms with E-state index >= 15 is 0 Å². The van der Waals surface area contributed by atoms with Gasteiger partial charge in [-0.15, -0.1) is 0 Å². The quantitative estimate of drug-likeness (QED) is 0.583. The van der Waals surface area contributed by atoms with Crippen LogP contribution in [0.1, 0.15) is 52.4 Å². The van der Waals surface area contributed by atoms with Crippen LogP contribution in [-0.2, 0) is 0 Å². The Bertz CT molecular complexity index is 292. The van der Waals surface area contributed by atoms with E-state index in [2.05, 4.69) is 18.7 Å². The van der Waals surface area contributed by atoms with Crippen molar-refractivity contribution in [2.75, 3.05) is 19.6 Å². The lowest BCUT2D eigenvalue weighted by molar-refractivity contribution is 0.219. The average Bonchev–Trinajstić information content (AvgIpc) is 2.94. The summed E-state index contributed by atoms with van der Waals surface area (Å²) in [7, 11) is 0. The molecule has 1 saturated heterocycles. The highest BCUT2D eigenvalue weighted by atomic mass is 15.1. The standard InChI is InChI=1S/C14H27N3/c1-13(2)4-3-8-17(9-7-13)11-14(5-6-14)10-12(15)16/h3-11H2,1-2H3,(H3,15,16). The molecular weight excluding hydrogens is 210 g/mol. The van der Waals surface area contributed by atoms with E-state index in [4.69, 9.17) is 11.1 Å². The van der Waals surface area contributed by atoms with Crippen molar-refractivity contribution in [3.63, 3.8) is 0 Å². The van der Waals surface area contributed by atoms with Crippen LogP contribution in [0, 0.1) is 16.2 Å². The summed E-state index contributed by atoms with van der Waals surface area (Å²) in [6, 6.07) is 0. The first-order chi connectivity index (χ1) is 7.91. The summed E-state index contributed by atoms with van der Waals surface area (Å²) in [4.78, 5) is 2.62. The van der Waals surface area contributed by atoms with E-state index in [0.717, 1.165) is 6.42 Å². The van der Waals surface area contributed by atoms with Gasteiger partial charge in [0.15, 0.2) is 0 Å². The zero-order valence-corrected chi connectivity index (χ0v) is 11.4. The van der Waals surface area contributed by atoms with Crippen molar-refractivity contribution in [2.45, 2.75) is 52.4 Å². The summed E-state index contributed by atoms with van der Waals surface area (Å²) in [5.41, 5.74) is 6.46. The van der Waals surface area contributed by atoms with Crippen molar-refractivity contribution in [1.82, 2.24) is 4.90 Å². The zero-order chi connectivity index (χ0) is 12.5. The Labute approximate surface area is 105 Å². The van der Waals surface area contributed by atoms with Crippen molar-refractivity contribution in [3.05, 3.63) is 0 Å². The second-order valence-corrected chi connectivity index (χ2v) is 7.00. The molecule has 0 aromatic carbocycles. The van der Waals surface area contributed by atoms with Crippen LogP contribution < -0.4 is 5.73 Å². The Morgan fingerprint density at radius 1 is 1.18 bits per heavy atom. The van der Waals surface area contributed by atoms with Gasteiger partial charge in [0, 0.05) is 13.0 Å². The van der Waals surface area contributed by atoms with Gasteiger partial charge in [-0.05, 0) is 56.0 Å². The fourth-order valence-corrected chi connectivity index (χ4v) is 3.08. The Hall–Kier alpha value is -0.570. The maximum Gasteiger partial charge on any atom is 0.0911 e. The summed E-state index contributed by atoms with van der Waals surface area (Å²) in [6.45, 7) is 8.41. The van der Waals surface area contributed by atoms with E-state index in [1.807, 2.05) is 0 Å². The highest BCUT2D eigenvalue weighted by Gasteiger charge is 2.44. The lowest BCUT2D eigenvalue weighted by atomic mass is 9.85. The van der Waals surface area contributed by atoms with Crippen LogP contribution in [0.25, 0.3) is 0 Å². The summed E-state index contributed by atoms with van der Waals surface area (Å²) < 4.78 is 0. The van der Waals surface area contributed by atoms with Gasteiger partial charge in [-0.3, -0.25) is 5.41 Å². The van der Waals surface area contributed by atoms with Crippen LogP contribution in [0.2, 0.25) is 0 Å². The highest BCUT2D eigenvalue weighted by molar-refractivity contribution is 5.78. The second kappa shape index (κ2) is 4.60. The molecule has 2 fully saturated rings.